The average molecular weight is 274 g/mol. The number of nitrogens with two attached hydrogens (primary N) is 1. The molecule has 1 amide bonds. The summed E-state index contributed by atoms with van der Waals surface area (Å²) in [4.78, 5) is 14.1. The van der Waals surface area contributed by atoms with Crippen LogP contribution in [0.3, 0.4) is 0 Å². The van der Waals surface area contributed by atoms with Crippen LogP contribution in [0, 0.1) is 5.92 Å². The van der Waals surface area contributed by atoms with Crippen molar-refractivity contribution in [3.63, 3.8) is 0 Å². The highest BCUT2D eigenvalue weighted by atomic mass is 16.2. The summed E-state index contributed by atoms with van der Waals surface area (Å²) in [6, 6.07) is 10.7. The minimum Gasteiger partial charge on any atom is -0.343 e. The van der Waals surface area contributed by atoms with Gasteiger partial charge in [-0.15, -0.1) is 0 Å². The minimum absolute atomic E-state index is 0.0181. The smallest absolute Gasteiger partial charge is 0.224 e. The van der Waals surface area contributed by atoms with Gasteiger partial charge in [0.2, 0.25) is 5.91 Å². The maximum atomic E-state index is 12.1. The summed E-state index contributed by atoms with van der Waals surface area (Å²) in [6.07, 6.45) is 4.73. The second kappa shape index (κ2) is 7.44. The van der Waals surface area contributed by atoms with Crippen molar-refractivity contribution in [2.45, 2.75) is 45.1 Å². The minimum atomic E-state index is 0.0181. The van der Waals surface area contributed by atoms with Crippen LogP contribution in [-0.2, 0) is 11.2 Å². The third-order valence-corrected chi connectivity index (χ3v) is 4.30. The largest absolute Gasteiger partial charge is 0.343 e. The van der Waals surface area contributed by atoms with Crippen LogP contribution in [0.2, 0.25) is 0 Å². The van der Waals surface area contributed by atoms with E-state index >= 15 is 0 Å². The monoisotopic (exact) mass is 274 g/mol. The molecule has 1 aromatic rings. The molecule has 0 radical (unpaired) electrons. The zero-order chi connectivity index (χ0) is 14.4. The van der Waals surface area contributed by atoms with Crippen LogP contribution in [0.1, 0.15) is 38.2 Å². The molecule has 110 valence electrons. The van der Waals surface area contributed by atoms with Crippen LogP contribution in [0.5, 0.6) is 0 Å². The summed E-state index contributed by atoms with van der Waals surface area (Å²) in [5.74, 6) is 0.943. The van der Waals surface area contributed by atoms with E-state index in [4.69, 9.17) is 5.73 Å². The van der Waals surface area contributed by atoms with Gasteiger partial charge in [-0.2, -0.15) is 0 Å². The molecular formula is C17H26N2O. The summed E-state index contributed by atoms with van der Waals surface area (Å²) < 4.78 is 0. The van der Waals surface area contributed by atoms with E-state index in [1.165, 1.54) is 5.56 Å². The first-order chi connectivity index (χ1) is 9.69. The van der Waals surface area contributed by atoms with Gasteiger partial charge in [0.25, 0.3) is 0 Å². The zero-order valence-electron chi connectivity index (χ0n) is 12.4. The Labute approximate surface area is 122 Å². The first-order valence-electron chi connectivity index (χ1n) is 7.76. The average Bonchev–Trinajstić information content (AvgIpc) is 2.49. The van der Waals surface area contributed by atoms with Gasteiger partial charge in [-0.25, -0.2) is 0 Å². The predicted molar refractivity (Wildman–Crippen MR) is 82.3 cm³/mol. The molecule has 0 aromatic heterocycles. The van der Waals surface area contributed by atoms with E-state index < -0.39 is 0 Å². The lowest BCUT2D eigenvalue weighted by Crippen LogP contribution is -2.41. The number of carbonyl (C=O) groups is 1. The van der Waals surface area contributed by atoms with Crippen LogP contribution < -0.4 is 5.73 Å². The van der Waals surface area contributed by atoms with Crippen molar-refractivity contribution in [2.75, 3.05) is 13.1 Å². The van der Waals surface area contributed by atoms with E-state index in [0.29, 0.717) is 12.3 Å². The lowest BCUT2D eigenvalue weighted by atomic mass is 9.90. The summed E-state index contributed by atoms with van der Waals surface area (Å²) in [6.45, 7) is 3.82. The maximum absolute atomic E-state index is 12.1. The fourth-order valence-electron chi connectivity index (χ4n) is 2.83. The van der Waals surface area contributed by atoms with Gasteiger partial charge in [0.05, 0.1) is 0 Å². The van der Waals surface area contributed by atoms with Gasteiger partial charge in [0, 0.05) is 25.6 Å². The Kier molecular flexibility index (Phi) is 5.60. The van der Waals surface area contributed by atoms with Crippen LogP contribution in [0.15, 0.2) is 30.3 Å². The van der Waals surface area contributed by atoms with Crippen LogP contribution >= 0.6 is 0 Å². The number of benzene rings is 1. The molecule has 1 aliphatic heterocycles. The third kappa shape index (κ3) is 4.34. The van der Waals surface area contributed by atoms with Crippen LogP contribution in [-0.4, -0.2) is 29.9 Å². The summed E-state index contributed by atoms with van der Waals surface area (Å²) in [5.41, 5.74) is 7.27. The Hall–Kier alpha value is -1.35. The predicted octanol–water partition coefficient (Wildman–Crippen LogP) is 2.60. The Morgan fingerprint density at radius 1 is 1.30 bits per heavy atom. The van der Waals surface area contributed by atoms with Crippen LogP contribution in [0.25, 0.3) is 0 Å². The molecule has 3 heteroatoms. The fraction of sp³-hybridized carbons (Fsp3) is 0.588. The molecule has 2 rings (SSSR count). The van der Waals surface area contributed by atoms with Crippen molar-refractivity contribution in [3.05, 3.63) is 35.9 Å². The highest BCUT2D eigenvalue weighted by molar-refractivity contribution is 5.76. The summed E-state index contributed by atoms with van der Waals surface area (Å²) in [7, 11) is 0. The molecule has 1 aliphatic rings. The molecule has 1 atom stereocenters. The Morgan fingerprint density at radius 3 is 2.55 bits per heavy atom. The lowest BCUT2D eigenvalue weighted by molar-refractivity contribution is -0.132. The molecule has 1 saturated heterocycles. The SMILES string of the molecule is CCC(N)CC(=O)N1CCC(Cc2ccccc2)CC1. The van der Waals surface area contributed by atoms with Gasteiger partial charge in [-0.1, -0.05) is 37.3 Å². The van der Waals surface area contributed by atoms with Crippen molar-refractivity contribution < 1.29 is 4.79 Å². The Bertz CT molecular complexity index is 410. The van der Waals surface area contributed by atoms with Crippen molar-refractivity contribution in [1.82, 2.24) is 4.90 Å². The second-order valence-corrected chi connectivity index (χ2v) is 5.89. The number of likely N-dealkylation sites (tertiary alicyclic amines) is 1. The van der Waals surface area contributed by atoms with Gasteiger partial charge in [0.1, 0.15) is 0 Å². The number of carbonyl (C=O) groups excluding carboxylic acids is 1. The zero-order valence-corrected chi connectivity index (χ0v) is 12.4. The molecule has 0 spiro atoms. The van der Waals surface area contributed by atoms with Gasteiger partial charge in [-0.05, 0) is 37.2 Å². The molecule has 3 nitrogen and oxygen atoms in total. The van der Waals surface area contributed by atoms with Crippen molar-refractivity contribution in [3.8, 4) is 0 Å². The van der Waals surface area contributed by atoms with E-state index in [1.807, 2.05) is 11.8 Å². The van der Waals surface area contributed by atoms with E-state index in [0.717, 1.165) is 38.8 Å². The maximum Gasteiger partial charge on any atom is 0.224 e. The molecule has 2 N–H and O–H groups in total. The van der Waals surface area contributed by atoms with Crippen molar-refractivity contribution in [1.29, 1.82) is 0 Å². The summed E-state index contributed by atoms with van der Waals surface area (Å²) >= 11 is 0. The third-order valence-electron chi connectivity index (χ3n) is 4.30. The Morgan fingerprint density at radius 2 is 1.95 bits per heavy atom. The number of hydrogen-bond acceptors (Lipinski definition) is 2. The molecule has 1 aromatic carbocycles. The number of nitrogens with zero attached hydrogens (tertiary/aromatic N) is 1. The van der Waals surface area contributed by atoms with Gasteiger partial charge >= 0.3 is 0 Å². The standard InChI is InChI=1S/C17H26N2O/c1-2-16(18)13-17(20)19-10-8-15(9-11-19)12-14-6-4-3-5-7-14/h3-7,15-16H,2,8-13,18H2,1H3. The van der Waals surface area contributed by atoms with Crippen molar-refractivity contribution >= 4 is 5.91 Å². The quantitative estimate of drug-likeness (QED) is 0.897. The van der Waals surface area contributed by atoms with Crippen molar-refractivity contribution in [2.24, 2.45) is 11.7 Å². The molecule has 0 aliphatic carbocycles. The number of piperidine rings is 1. The van der Waals surface area contributed by atoms with E-state index in [2.05, 4.69) is 30.3 Å². The highest BCUT2D eigenvalue weighted by Crippen LogP contribution is 2.22. The highest BCUT2D eigenvalue weighted by Gasteiger charge is 2.23. The van der Waals surface area contributed by atoms with E-state index in [-0.39, 0.29) is 11.9 Å². The molecule has 1 unspecified atom stereocenters. The fourth-order valence-corrected chi connectivity index (χ4v) is 2.83. The molecule has 1 heterocycles. The first-order valence-corrected chi connectivity index (χ1v) is 7.76. The van der Waals surface area contributed by atoms with Crippen LogP contribution in [0.4, 0.5) is 0 Å². The topological polar surface area (TPSA) is 46.3 Å². The van der Waals surface area contributed by atoms with E-state index in [1.54, 1.807) is 0 Å². The number of amides is 1. The molecular weight excluding hydrogens is 248 g/mol. The van der Waals surface area contributed by atoms with Gasteiger partial charge < -0.3 is 10.6 Å². The molecule has 20 heavy (non-hydrogen) atoms. The normalized spacial score (nSPS) is 18.0. The molecule has 0 bridgehead atoms. The Balaban J connectivity index is 1.76. The molecule has 1 fully saturated rings. The van der Waals surface area contributed by atoms with E-state index in [9.17, 15) is 4.79 Å². The number of hydrogen-bond donors (Lipinski definition) is 1. The van der Waals surface area contributed by atoms with Gasteiger partial charge in [0.15, 0.2) is 0 Å². The second-order valence-electron chi connectivity index (χ2n) is 5.89. The lowest BCUT2D eigenvalue weighted by Gasteiger charge is -2.32. The van der Waals surface area contributed by atoms with Gasteiger partial charge in [-0.3, -0.25) is 4.79 Å². The summed E-state index contributed by atoms with van der Waals surface area (Å²) in [5, 5.41) is 0. The molecule has 0 saturated carbocycles. The number of rotatable bonds is 5. The first kappa shape index (κ1) is 15.0.